The maximum Gasteiger partial charge on any atom is 0.242 e. The molecule has 1 heterocycles. The van der Waals surface area contributed by atoms with E-state index in [2.05, 4.69) is 5.32 Å². The first kappa shape index (κ1) is 17.1. The molecule has 0 radical (unpaired) electrons. The van der Waals surface area contributed by atoms with E-state index >= 15 is 0 Å². The minimum absolute atomic E-state index is 0.0685. The monoisotopic (exact) mass is 368 g/mol. The van der Waals surface area contributed by atoms with Gasteiger partial charge in [-0.15, -0.1) is 0 Å². The zero-order valence-corrected chi connectivity index (χ0v) is 15.6. The van der Waals surface area contributed by atoms with Gasteiger partial charge in [-0.25, -0.2) is 0 Å². The molecule has 134 valence electrons. The van der Waals surface area contributed by atoms with Gasteiger partial charge in [-0.2, -0.15) is 0 Å². The first-order valence-electron chi connectivity index (χ1n) is 8.91. The van der Waals surface area contributed by atoms with Crippen LogP contribution in [0.2, 0.25) is 5.02 Å². The minimum atomic E-state index is -0.955. The summed E-state index contributed by atoms with van der Waals surface area (Å²) in [6, 6.07) is 13.4. The predicted octanol–water partition coefficient (Wildman–Crippen LogP) is 4.34. The first-order chi connectivity index (χ1) is 12.4. The van der Waals surface area contributed by atoms with Gasteiger partial charge in [0, 0.05) is 22.4 Å². The highest BCUT2D eigenvalue weighted by atomic mass is 35.5. The van der Waals surface area contributed by atoms with Crippen molar-refractivity contribution >= 4 is 34.8 Å². The van der Waals surface area contributed by atoms with Crippen molar-refractivity contribution in [3.63, 3.8) is 0 Å². The van der Waals surface area contributed by atoms with Crippen LogP contribution in [0, 0.1) is 12.3 Å². The summed E-state index contributed by atoms with van der Waals surface area (Å²) < 4.78 is 0. The van der Waals surface area contributed by atoms with E-state index in [1.165, 1.54) is 0 Å². The number of nitrogens with one attached hydrogen (secondary N) is 1. The summed E-state index contributed by atoms with van der Waals surface area (Å²) in [6.45, 7) is 3.94. The molecule has 1 saturated carbocycles. The van der Waals surface area contributed by atoms with E-state index in [0.29, 0.717) is 23.6 Å². The molecule has 4 nitrogen and oxygen atoms in total. The molecular formula is C21H21ClN2O2. The molecule has 26 heavy (non-hydrogen) atoms. The highest BCUT2D eigenvalue weighted by Gasteiger charge is 2.59. The summed E-state index contributed by atoms with van der Waals surface area (Å²) in [5, 5.41) is 3.48. The van der Waals surface area contributed by atoms with Crippen LogP contribution in [0.25, 0.3) is 0 Å². The summed E-state index contributed by atoms with van der Waals surface area (Å²) in [6.07, 6.45) is 2.00. The number of para-hydroxylation sites is 1. The van der Waals surface area contributed by atoms with E-state index in [0.717, 1.165) is 23.2 Å². The van der Waals surface area contributed by atoms with E-state index < -0.39 is 5.41 Å². The Morgan fingerprint density at radius 2 is 1.92 bits per heavy atom. The standard InChI is InChI=1S/C21H21ClN2O2/c1-13-7-8-16(12-17(13)22)23-19(25)21(9-10-21)20(26)24-14(2)11-15-5-3-4-6-18(15)24/h3-8,12,14H,9-11H2,1-2H3,(H,23,25). The number of anilines is 2. The number of aryl methyl sites for hydroxylation is 1. The normalized spacial score (nSPS) is 19.8. The lowest BCUT2D eigenvalue weighted by atomic mass is 10.0. The van der Waals surface area contributed by atoms with Crippen LogP contribution >= 0.6 is 11.6 Å². The van der Waals surface area contributed by atoms with Crippen molar-refractivity contribution in [2.45, 2.75) is 39.2 Å². The van der Waals surface area contributed by atoms with Gasteiger partial charge in [-0.1, -0.05) is 35.9 Å². The predicted molar refractivity (Wildman–Crippen MR) is 104 cm³/mol. The van der Waals surface area contributed by atoms with E-state index in [-0.39, 0.29) is 17.9 Å². The summed E-state index contributed by atoms with van der Waals surface area (Å²) in [5.74, 6) is -0.329. The number of fused-ring (bicyclic) bond motifs is 1. The molecule has 4 rings (SSSR count). The third kappa shape index (κ3) is 2.69. The Kier molecular flexibility index (Phi) is 4.03. The van der Waals surface area contributed by atoms with Crippen molar-refractivity contribution < 1.29 is 9.59 Å². The minimum Gasteiger partial charge on any atom is -0.325 e. The van der Waals surface area contributed by atoms with E-state index in [1.807, 2.05) is 55.1 Å². The highest BCUT2D eigenvalue weighted by molar-refractivity contribution is 6.31. The van der Waals surface area contributed by atoms with E-state index in [4.69, 9.17) is 11.6 Å². The van der Waals surface area contributed by atoms with Crippen LogP contribution in [0.1, 0.15) is 30.9 Å². The number of benzene rings is 2. The quantitative estimate of drug-likeness (QED) is 0.819. The molecule has 1 unspecified atom stereocenters. The first-order valence-corrected chi connectivity index (χ1v) is 9.29. The lowest BCUT2D eigenvalue weighted by Gasteiger charge is -2.27. The Morgan fingerprint density at radius 3 is 2.62 bits per heavy atom. The van der Waals surface area contributed by atoms with E-state index in [9.17, 15) is 9.59 Å². The molecule has 2 aromatic rings. The van der Waals surface area contributed by atoms with Crippen LogP contribution in [-0.4, -0.2) is 17.9 Å². The molecule has 1 atom stereocenters. The second-order valence-corrected chi connectivity index (χ2v) is 7.76. The molecule has 0 spiro atoms. The molecule has 2 aliphatic rings. The van der Waals surface area contributed by atoms with Gasteiger partial charge in [0.15, 0.2) is 0 Å². The van der Waals surface area contributed by atoms with Crippen molar-refractivity contribution in [1.82, 2.24) is 0 Å². The number of nitrogens with zero attached hydrogens (tertiary/aromatic N) is 1. The van der Waals surface area contributed by atoms with Crippen LogP contribution in [0.3, 0.4) is 0 Å². The van der Waals surface area contributed by atoms with Gasteiger partial charge in [-0.3, -0.25) is 9.59 Å². The van der Waals surface area contributed by atoms with Crippen LogP contribution in [0.5, 0.6) is 0 Å². The third-order valence-electron chi connectivity index (χ3n) is 5.45. The smallest absolute Gasteiger partial charge is 0.242 e. The van der Waals surface area contributed by atoms with Crippen LogP contribution in [0.4, 0.5) is 11.4 Å². The molecule has 0 aromatic heterocycles. The third-order valence-corrected chi connectivity index (χ3v) is 5.86. The maximum absolute atomic E-state index is 13.3. The fourth-order valence-electron chi connectivity index (χ4n) is 3.69. The molecule has 5 heteroatoms. The largest absolute Gasteiger partial charge is 0.325 e. The summed E-state index contributed by atoms with van der Waals surface area (Å²) >= 11 is 6.14. The summed E-state index contributed by atoms with van der Waals surface area (Å²) in [5.41, 5.74) is 2.71. The lowest BCUT2D eigenvalue weighted by molar-refractivity contribution is -0.132. The Balaban J connectivity index is 1.58. The van der Waals surface area contributed by atoms with Crippen molar-refractivity contribution in [2.75, 3.05) is 10.2 Å². The maximum atomic E-state index is 13.3. The molecule has 0 saturated heterocycles. The molecule has 1 N–H and O–H groups in total. The average Bonchev–Trinajstić information content (AvgIpc) is 3.35. The zero-order chi connectivity index (χ0) is 18.5. The zero-order valence-electron chi connectivity index (χ0n) is 14.9. The SMILES string of the molecule is Cc1ccc(NC(=O)C2(C(=O)N3c4ccccc4CC3C)CC2)cc1Cl. The lowest BCUT2D eigenvalue weighted by Crippen LogP contribution is -2.45. The number of carbonyl (C=O) groups excluding carboxylic acids is 2. The molecule has 1 aliphatic carbocycles. The number of hydrogen-bond acceptors (Lipinski definition) is 2. The molecule has 2 amide bonds. The second kappa shape index (κ2) is 6.13. The molecule has 0 bridgehead atoms. The number of halogens is 1. The van der Waals surface area contributed by atoms with Gasteiger partial charge < -0.3 is 10.2 Å². The molecule has 2 aromatic carbocycles. The van der Waals surface area contributed by atoms with Gasteiger partial charge in [0.05, 0.1) is 0 Å². The van der Waals surface area contributed by atoms with Gasteiger partial charge in [0.2, 0.25) is 11.8 Å². The highest BCUT2D eigenvalue weighted by Crippen LogP contribution is 2.50. The number of amides is 2. The van der Waals surface area contributed by atoms with Gasteiger partial charge in [-0.05, 0) is 62.4 Å². The Morgan fingerprint density at radius 1 is 1.19 bits per heavy atom. The van der Waals surface area contributed by atoms with E-state index in [1.54, 1.807) is 6.07 Å². The molecule has 1 fully saturated rings. The number of carbonyl (C=O) groups is 2. The van der Waals surface area contributed by atoms with Crippen molar-refractivity contribution in [2.24, 2.45) is 5.41 Å². The second-order valence-electron chi connectivity index (χ2n) is 7.36. The average molecular weight is 369 g/mol. The van der Waals surface area contributed by atoms with Crippen LogP contribution < -0.4 is 10.2 Å². The fraction of sp³-hybridized carbons (Fsp3) is 0.333. The Hall–Kier alpha value is -2.33. The summed E-state index contributed by atoms with van der Waals surface area (Å²) in [7, 11) is 0. The molecular weight excluding hydrogens is 348 g/mol. The molecule has 1 aliphatic heterocycles. The van der Waals surface area contributed by atoms with Crippen molar-refractivity contribution in [3.05, 3.63) is 58.6 Å². The summed E-state index contributed by atoms with van der Waals surface area (Å²) in [4.78, 5) is 28.0. The fourth-order valence-corrected chi connectivity index (χ4v) is 3.87. The van der Waals surface area contributed by atoms with Crippen molar-refractivity contribution in [3.8, 4) is 0 Å². The van der Waals surface area contributed by atoms with Gasteiger partial charge in [0.25, 0.3) is 0 Å². The van der Waals surface area contributed by atoms with Gasteiger partial charge >= 0.3 is 0 Å². The van der Waals surface area contributed by atoms with Gasteiger partial charge in [0.1, 0.15) is 5.41 Å². The van der Waals surface area contributed by atoms with Crippen LogP contribution in [-0.2, 0) is 16.0 Å². The van der Waals surface area contributed by atoms with Crippen LogP contribution in [0.15, 0.2) is 42.5 Å². The Labute approximate surface area is 158 Å². The Bertz CT molecular complexity index is 905. The number of rotatable bonds is 3. The number of hydrogen-bond donors (Lipinski definition) is 1. The topological polar surface area (TPSA) is 49.4 Å². The van der Waals surface area contributed by atoms with Crippen molar-refractivity contribution in [1.29, 1.82) is 0 Å².